The van der Waals surface area contributed by atoms with Gasteiger partial charge >= 0.3 is 0 Å². The summed E-state index contributed by atoms with van der Waals surface area (Å²) < 4.78 is 0. The van der Waals surface area contributed by atoms with E-state index in [4.69, 9.17) is 5.11 Å². The minimum absolute atomic E-state index is 0.0261. The number of carbonyl (C=O) groups is 1. The Morgan fingerprint density at radius 3 is 2.74 bits per heavy atom. The number of aryl methyl sites for hydroxylation is 1. The van der Waals surface area contributed by atoms with Crippen LogP contribution < -0.4 is 5.32 Å². The van der Waals surface area contributed by atoms with Crippen LogP contribution in [0.5, 0.6) is 0 Å². The molecule has 0 bridgehead atoms. The molecule has 1 heterocycles. The van der Waals surface area contributed by atoms with E-state index in [-0.39, 0.29) is 12.5 Å². The lowest BCUT2D eigenvalue weighted by Crippen LogP contribution is -2.12. The van der Waals surface area contributed by atoms with E-state index in [0.717, 1.165) is 24.1 Å². The zero-order chi connectivity index (χ0) is 13.7. The third-order valence-corrected chi connectivity index (χ3v) is 2.79. The fourth-order valence-corrected chi connectivity index (χ4v) is 1.77. The highest BCUT2D eigenvalue weighted by Gasteiger charge is 2.08. The maximum Gasteiger partial charge on any atom is 0.256 e. The van der Waals surface area contributed by atoms with Crippen molar-refractivity contribution in [2.45, 2.75) is 26.4 Å². The summed E-state index contributed by atoms with van der Waals surface area (Å²) in [6, 6.07) is 8.65. The Hall–Kier alpha value is -2.14. The fourth-order valence-electron chi connectivity index (χ4n) is 1.77. The largest absolute Gasteiger partial charge is 0.392 e. The van der Waals surface area contributed by atoms with Gasteiger partial charge in [0.1, 0.15) is 0 Å². The Kier molecular flexibility index (Phi) is 4.30. The summed E-state index contributed by atoms with van der Waals surface area (Å²) in [5, 5.41) is 18.6. The van der Waals surface area contributed by atoms with Crippen LogP contribution >= 0.6 is 0 Å². The molecule has 0 saturated heterocycles. The van der Waals surface area contributed by atoms with E-state index >= 15 is 0 Å². The molecule has 5 nitrogen and oxygen atoms in total. The number of hydrogen-bond donors (Lipinski definition) is 3. The van der Waals surface area contributed by atoms with Crippen LogP contribution in [-0.2, 0) is 13.0 Å². The predicted molar refractivity (Wildman–Crippen MR) is 72.9 cm³/mol. The van der Waals surface area contributed by atoms with Crippen LogP contribution in [0.3, 0.4) is 0 Å². The first-order chi connectivity index (χ1) is 9.22. The number of aromatic amines is 1. The topological polar surface area (TPSA) is 78.0 Å². The van der Waals surface area contributed by atoms with Gasteiger partial charge in [0.2, 0.25) is 0 Å². The second kappa shape index (κ2) is 6.15. The molecule has 0 fully saturated rings. The molecular formula is C14H17N3O2. The van der Waals surface area contributed by atoms with Gasteiger partial charge in [0.05, 0.1) is 6.61 Å². The van der Waals surface area contributed by atoms with Crippen molar-refractivity contribution in [2.75, 3.05) is 5.32 Å². The SMILES string of the molecule is CCCc1cc(NC(=O)c2ccc(CO)cc2)n[nH]1. The molecule has 0 aliphatic heterocycles. The van der Waals surface area contributed by atoms with Crippen molar-refractivity contribution < 1.29 is 9.90 Å². The number of aliphatic hydroxyl groups is 1. The third-order valence-electron chi connectivity index (χ3n) is 2.79. The van der Waals surface area contributed by atoms with Crippen molar-refractivity contribution >= 4 is 11.7 Å². The number of amides is 1. The number of H-pyrrole nitrogens is 1. The lowest BCUT2D eigenvalue weighted by atomic mass is 10.1. The normalized spacial score (nSPS) is 10.4. The van der Waals surface area contributed by atoms with Crippen molar-refractivity contribution in [3.63, 3.8) is 0 Å². The maximum atomic E-state index is 12.0. The number of benzene rings is 1. The van der Waals surface area contributed by atoms with Gasteiger partial charge in [-0.1, -0.05) is 25.5 Å². The van der Waals surface area contributed by atoms with E-state index in [1.165, 1.54) is 0 Å². The van der Waals surface area contributed by atoms with Gasteiger partial charge in [0, 0.05) is 17.3 Å². The number of nitrogens with one attached hydrogen (secondary N) is 2. The molecule has 0 spiro atoms. The number of nitrogens with zero attached hydrogens (tertiary/aromatic N) is 1. The molecule has 2 rings (SSSR count). The monoisotopic (exact) mass is 259 g/mol. The highest BCUT2D eigenvalue weighted by atomic mass is 16.3. The summed E-state index contributed by atoms with van der Waals surface area (Å²) in [7, 11) is 0. The molecule has 1 aromatic heterocycles. The Morgan fingerprint density at radius 2 is 2.11 bits per heavy atom. The third kappa shape index (κ3) is 3.42. The summed E-state index contributed by atoms with van der Waals surface area (Å²) in [5.74, 6) is 0.318. The minimum atomic E-state index is -0.209. The van der Waals surface area contributed by atoms with Crippen LogP contribution in [0, 0.1) is 0 Å². The van der Waals surface area contributed by atoms with Crippen molar-refractivity contribution in [2.24, 2.45) is 0 Å². The van der Waals surface area contributed by atoms with E-state index < -0.39 is 0 Å². The van der Waals surface area contributed by atoms with Crippen LogP contribution in [0.1, 0.15) is 35.0 Å². The second-order valence-corrected chi connectivity index (χ2v) is 4.34. The maximum absolute atomic E-state index is 12.0. The van der Waals surface area contributed by atoms with Gasteiger partial charge in [-0.25, -0.2) is 0 Å². The summed E-state index contributed by atoms with van der Waals surface area (Å²) in [6.45, 7) is 2.06. The van der Waals surface area contributed by atoms with Gasteiger partial charge in [-0.2, -0.15) is 5.10 Å². The highest BCUT2D eigenvalue weighted by Crippen LogP contribution is 2.10. The van der Waals surface area contributed by atoms with Gasteiger partial charge in [0.15, 0.2) is 5.82 Å². The van der Waals surface area contributed by atoms with E-state index in [1.807, 2.05) is 6.07 Å². The molecule has 0 atom stereocenters. The quantitative estimate of drug-likeness (QED) is 0.769. The van der Waals surface area contributed by atoms with Crippen molar-refractivity contribution in [1.29, 1.82) is 0 Å². The average Bonchev–Trinajstić information content (AvgIpc) is 2.86. The molecule has 0 radical (unpaired) electrons. The van der Waals surface area contributed by atoms with Crippen LogP contribution in [0.25, 0.3) is 0 Å². The smallest absolute Gasteiger partial charge is 0.256 e. The molecule has 0 aliphatic carbocycles. The summed E-state index contributed by atoms with van der Waals surface area (Å²) >= 11 is 0. The van der Waals surface area contributed by atoms with Crippen LogP contribution in [0.4, 0.5) is 5.82 Å². The standard InChI is InChI=1S/C14H17N3O2/c1-2-3-12-8-13(17-16-12)15-14(19)11-6-4-10(9-18)5-7-11/h4-8,18H,2-3,9H2,1H3,(H2,15,16,17,19). The van der Waals surface area contributed by atoms with Gasteiger partial charge < -0.3 is 10.4 Å². The molecule has 5 heteroatoms. The lowest BCUT2D eigenvalue weighted by Gasteiger charge is -2.02. The van der Waals surface area contributed by atoms with E-state index in [2.05, 4.69) is 22.4 Å². The number of hydrogen-bond acceptors (Lipinski definition) is 3. The summed E-state index contributed by atoms with van der Waals surface area (Å²) in [6.07, 6.45) is 1.94. The zero-order valence-electron chi connectivity index (χ0n) is 10.8. The molecule has 100 valence electrons. The van der Waals surface area contributed by atoms with Crippen molar-refractivity contribution in [3.05, 3.63) is 47.2 Å². The molecule has 0 saturated carbocycles. The number of aromatic nitrogens is 2. The molecule has 19 heavy (non-hydrogen) atoms. The lowest BCUT2D eigenvalue weighted by molar-refractivity contribution is 0.102. The molecule has 2 aromatic rings. The van der Waals surface area contributed by atoms with Gasteiger partial charge in [-0.05, 0) is 24.1 Å². The average molecular weight is 259 g/mol. The first-order valence-corrected chi connectivity index (χ1v) is 6.28. The van der Waals surface area contributed by atoms with Crippen molar-refractivity contribution in [3.8, 4) is 0 Å². The van der Waals surface area contributed by atoms with Gasteiger partial charge in [-0.3, -0.25) is 9.89 Å². The first-order valence-electron chi connectivity index (χ1n) is 6.28. The number of rotatable bonds is 5. The Labute approximate surface area is 111 Å². The van der Waals surface area contributed by atoms with Crippen LogP contribution in [0.15, 0.2) is 30.3 Å². The highest BCUT2D eigenvalue weighted by molar-refractivity contribution is 6.03. The molecular weight excluding hydrogens is 242 g/mol. The molecule has 0 unspecified atom stereocenters. The first kappa shape index (κ1) is 13.3. The van der Waals surface area contributed by atoms with E-state index in [0.29, 0.717) is 11.4 Å². The van der Waals surface area contributed by atoms with E-state index in [9.17, 15) is 4.79 Å². The number of anilines is 1. The fraction of sp³-hybridized carbons (Fsp3) is 0.286. The van der Waals surface area contributed by atoms with Gasteiger partial charge in [0.25, 0.3) is 5.91 Å². The van der Waals surface area contributed by atoms with Crippen LogP contribution in [-0.4, -0.2) is 21.2 Å². The predicted octanol–water partition coefficient (Wildman–Crippen LogP) is 2.11. The minimum Gasteiger partial charge on any atom is -0.392 e. The van der Waals surface area contributed by atoms with Crippen LogP contribution in [0.2, 0.25) is 0 Å². The number of aliphatic hydroxyl groups excluding tert-OH is 1. The second-order valence-electron chi connectivity index (χ2n) is 4.34. The summed E-state index contributed by atoms with van der Waals surface area (Å²) in [4.78, 5) is 12.0. The molecule has 1 aromatic carbocycles. The Bertz CT molecular complexity index is 546. The summed E-state index contributed by atoms with van der Waals surface area (Å²) in [5.41, 5.74) is 2.33. The van der Waals surface area contributed by atoms with Crippen molar-refractivity contribution in [1.82, 2.24) is 10.2 Å². The van der Waals surface area contributed by atoms with Gasteiger partial charge in [-0.15, -0.1) is 0 Å². The Morgan fingerprint density at radius 1 is 1.37 bits per heavy atom. The van der Waals surface area contributed by atoms with E-state index in [1.54, 1.807) is 24.3 Å². The number of carbonyl (C=O) groups excluding carboxylic acids is 1. The molecule has 0 aliphatic rings. The zero-order valence-corrected chi connectivity index (χ0v) is 10.8. The molecule has 1 amide bonds. The molecule has 3 N–H and O–H groups in total. The Balaban J connectivity index is 2.02.